The van der Waals surface area contributed by atoms with Crippen molar-refractivity contribution in [3.63, 3.8) is 0 Å². The molecule has 0 spiro atoms. The van der Waals surface area contributed by atoms with Crippen molar-refractivity contribution in [1.82, 2.24) is 10.2 Å². The lowest BCUT2D eigenvalue weighted by molar-refractivity contribution is -0.142. The van der Waals surface area contributed by atoms with Crippen LogP contribution in [0.4, 0.5) is 0 Å². The van der Waals surface area contributed by atoms with Crippen molar-refractivity contribution in [2.45, 2.75) is 65.1 Å². The summed E-state index contributed by atoms with van der Waals surface area (Å²) in [4.78, 5) is 27.7. The smallest absolute Gasteiger partial charge is 0.261 e. The molecule has 6 nitrogen and oxygen atoms in total. The summed E-state index contributed by atoms with van der Waals surface area (Å²) in [5.41, 5.74) is 3.20. The van der Waals surface area contributed by atoms with Gasteiger partial charge in [-0.1, -0.05) is 31.0 Å². The number of nitrogens with one attached hydrogen (secondary N) is 1. The predicted molar refractivity (Wildman–Crippen MR) is 125 cm³/mol. The zero-order valence-electron chi connectivity index (χ0n) is 19.5. The van der Waals surface area contributed by atoms with Crippen LogP contribution in [0.5, 0.6) is 11.5 Å². The Morgan fingerprint density at radius 3 is 2.31 bits per heavy atom. The molecule has 0 aromatic heterocycles. The minimum Gasteiger partial charge on any atom is -0.497 e. The highest BCUT2D eigenvalue weighted by molar-refractivity contribution is 5.88. The fourth-order valence-electron chi connectivity index (χ4n) is 3.93. The summed E-state index contributed by atoms with van der Waals surface area (Å²) in [6.45, 7) is 6.01. The fourth-order valence-corrected chi connectivity index (χ4v) is 3.93. The molecule has 2 aromatic rings. The summed E-state index contributed by atoms with van der Waals surface area (Å²) in [5, 5.41) is 3.11. The molecule has 1 atom stereocenters. The zero-order chi connectivity index (χ0) is 23.1. The Hall–Kier alpha value is -3.02. The highest BCUT2D eigenvalue weighted by Gasteiger charge is 2.28. The Balaban J connectivity index is 1.71. The van der Waals surface area contributed by atoms with E-state index in [1.807, 2.05) is 56.3 Å². The maximum Gasteiger partial charge on any atom is 0.261 e. The monoisotopic (exact) mass is 438 g/mol. The van der Waals surface area contributed by atoms with Crippen LogP contribution in [0.2, 0.25) is 0 Å². The van der Waals surface area contributed by atoms with Gasteiger partial charge in [0.25, 0.3) is 5.91 Å². The Bertz CT molecular complexity index is 920. The van der Waals surface area contributed by atoms with Gasteiger partial charge in [-0.15, -0.1) is 0 Å². The van der Waals surface area contributed by atoms with E-state index in [0.717, 1.165) is 42.6 Å². The van der Waals surface area contributed by atoms with E-state index in [0.29, 0.717) is 12.3 Å². The van der Waals surface area contributed by atoms with Crippen LogP contribution in [0.3, 0.4) is 0 Å². The molecule has 6 heteroatoms. The number of hydrogen-bond donors (Lipinski definition) is 1. The third-order valence-corrected chi connectivity index (χ3v) is 6.22. The minimum atomic E-state index is -0.603. The van der Waals surface area contributed by atoms with Crippen LogP contribution >= 0.6 is 0 Å². The molecule has 1 unspecified atom stereocenters. The molecular weight excluding hydrogens is 404 g/mol. The molecule has 0 heterocycles. The van der Waals surface area contributed by atoms with Gasteiger partial charge in [0.1, 0.15) is 17.5 Å². The van der Waals surface area contributed by atoms with E-state index in [2.05, 4.69) is 5.32 Å². The minimum absolute atomic E-state index is 0.120. The molecule has 1 saturated carbocycles. The second-order valence-corrected chi connectivity index (χ2v) is 8.57. The molecular formula is C26H34N2O4. The lowest BCUT2D eigenvalue weighted by Gasteiger charge is -2.29. The highest BCUT2D eigenvalue weighted by atomic mass is 16.5. The zero-order valence-corrected chi connectivity index (χ0v) is 19.5. The first kappa shape index (κ1) is 23.6. The van der Waals surface area contributed by atoms with Gasteiger partial charge < -0.3 is 19.7 Å². The number of rotatable bonds is 9. The van der Waals surface area contributed by atoms with Crippen molar-refractivity contribution >= 4 is 11.8 Å². The van der Waals surface area contributed by atoms with Gasteiger partial charge in [0.2, 0.25) is 5.91 Å². The van der Waals surface area contributed by atoms with Gasteiger partial charge >= 0.3 is 0 Å². The number of aryl methyl sites for hydroxylation is 2. The normalized spacial score (nSPS) is 14.6. The van der Waals surface area contributed by atoms with Crippen LogP contribution in [-0.2, 0) is 16.1 Å². The lowest BCUT2D eigenvalue weighted by Crippen LogP contribution is -2.50. The third kappa shape index (κ3) is 6.25. The van der Waals surface area contributed by atoms with Gasteiger partial charge in [0.05, 0.1) is 7.11 Å². The van der Waals surface area contributed by atoms with Crippen molar-refractivity contribution in [1.29, 1.82) is 0 Å². The number of methoxy groups -OCH3 is 1. The quantitative estimate of drug-likeness (QED) is 0.638. The summed E-state index contributed by atoms with van der Waals surface area (Å²) >= 11 is 0. The van der Waals surface area contributed by atoms with Crippen LogP contribution in [0, 0.1) is 13.8 Å². The van der Waals surface area contributed by atoms with Crippen LogP contribution in [-0.4, -0.2) is 42.5 Å². The number of carbonyl (C=O) groups excluding carboxylic acids is 2. The van der Waals surface area contributed by atoms with Gasteiger partial charge in [-0.2, -0.15) is 0 Å². The number of ether oxygens (including phenoxy) is 2. The molecule has 0 bridgehead atoms. The van der Waals surface area contributed by atoms with E-state index < -0.39 is 6.04 Å². The molecule has 1 aliphatic rings. The molecule has 1 fully saturated rings. The lowest BCUT2D eigenvalue weighted by atomic mass is 10.1. The van der Waals surface area contributed by atoms with Gasteiger partial charge in [0.15, 0.2) is 6.61 Å². The molecule has 1 N–H and O–H groups in total. The van der Waals surface area contributed by atoms with Gasteiger partial charge in [-0.3, -0.25) is 9.59 Å². The molecule has 32 heavy (non-hydrogen) atoms. The second kappa shape index (κ2) is 11.0. The molecule has 172 valence electrons. The first-order chi connectivity index (χ1) is 15.4. The fraction of sp³-hybridized carbons (Fsp3) is 0.462. The molecule has 0 radical (unpaired) electrons. The van der Waals surface area contributed by atoms with E-state index in [-0.39, 0.29) is 24.5 Å². The summed E-state index contributed by atoms with van der Waals surface area (Å²) in [5.74, 6) is 1.05. The van der Waals surface area contributed by atoms with Crippen LogP contribution in [0.1, 0.15) is 49.3 Å². The maximum absolute atomic E-state index is 13.2. The SMILES string of the molecule is COc1ccc(CN(C(=O)COc2ccc(C)c(C)c2)C(C)C(=O)NC2CCCC2)cc1. The number of nitrogens with zero attached hydrogens (tertiary/aromatic N) is 1. The van der Waals surface area contributed by atoms with E-state index in [9.17, 15) is 9.59 Å². The van der Waals surface area contributed by atoms with Crippen LogP contribution in [0.15, 0.2) is 42.5 Å². The summed E-state index contributed by atoms with van der Waals surface area (Å²) in [6, 6.07) is 12.9. The van der Waals surface area contributed by atoms with Crippen LogP contribution < -0.4 is 14.8 Å². The molecule has 0 saturated heterocycles. The predicted octanol–water partition coefficient (Wildman–Crippen LogP) is 4.17. The van der Waals surface area contributed by atoms with E-state index >= 15 is 0 Å². The second-order valence-electron chi connectivity index (χ2n) is 8.57. The summed E-state index contributed by atoms with van der Waals surface area (Å²) < 4.78 is 11.0. The summed E-state index contributed by atoms with van der Waals surface area (Å²) in [7, 11) is 1.62. The Morgan fingerprint density at radius 2 is 1.69 bits per heavy atom. The average molecular weight is 439 g/mol. The Morgan fingerprint density at radius 1 is 1.03 bits per heavy atom. The molecule has 0 aliphatic heterocycles. The number of benzene rings is 2. The highest BCUT2D eigenvalue weighted by Crippen LogP contribution is 2.20. The van der Waals surface area contributed by atoms with E-state index in [1.54, 1.807) is 18.9 Å². The van der Waals surface area contributed by atoms with Gasteiger partial charge in [-0.25, -0.2) is 0 Å². The largest absolute Gasteiger partial charge is 0.497 e. The van der Waals surface area contributed by atoms with E-state index in [1.165, 1.54) is 5.56 Å². The number of carbonyl (C=O) groups is 2. The Labute approximate surface area is 190 Å². The third-order valence-electron chi connectivity index (χ3n) is 6.22. The van der Waals surface area contributed by atoms with Gasteiger partial charge in [-0.05, 0) is 74.6 Å². The molecule has 1 aliphatic carbocycles. The van der Waals surface area contributed by atoms with E-state index in [4.69, 9.17) is 9.47 Å². The topological polar surface area (TPSA) is 67.9 Å². The van der Waals surface area contributed by atoms with Crippen molar-refractivity contribution in [2.24, 2.45) is 0 Å². The number of amides is 2. The first-order valence-corrected chi connectivity index (χ1v) is 11.3. The average Bonchev–Trinajstić information content (AvgIpc) is 3.31. The van der Waals surface area contributed by atoms with Gasteiger partial charge in [0, 0.05) is 12.6 Å². The van der Waals surface area contributed by atoms with Crippen molar-refractivity contribution in [2.75, 3.05) is 13.7 Å². The summed E-state index contributed by atoms with van der Waals surface area (Å²) in [6.07, 6.45) is 4.27. The Kier molecular flexibility index (Phi) is 8.14. The standard InChI is InChI=1S/C26H34N2O4/c1-18-9-12-24(15-19(18)2)32-17-25(29)28(16-21-10-13-23(31-4)14-11-21)20(3)26(30)27-22-7-5-6-8-22/h9-15,20,22H,5-8,16-17H2,1-4H3,(H,27,30). The number of hydrogen-bond acceptors (Lipinski definition) is 4. The molecule has 3 rings (SSSR count). The van der Waals surface area contributed by atoms with Crippen molar-refractivity contribution in [3.8, 4) is 11.5 Å². The molecule has 2 amide bonds. The maximum atomic E-state index is 13.2. The van der Waals surface area contributed by atoms with Crippen molar-refractivity contribution < 1.29 is 19.1 Å². The van der Waals surface area contributed by atoms with Crippen LogP contribution in [0.25, 0.3) is 0 Å². The molecule has 2 aromatic carbocycles. The first-order valence-electron chi connectivity index (χ1n) is 11.3. The van der Waals surface area contributed by atoms with Crippen molar-refractivity contribution in [3.05, 3.63) is 59.2 Å².